The first-order valence-electron chi connectivity index (χ1n) is 9.15. The van der Waals surface area contributed by atoms with Crippen LogP contribution in [0.3, 0.4) is 0 Å². The van der Waals surface area contributed by atoms with Crippen LogP contribution >= 0.6 is 0 Å². The third-order valence-electron chi connectivity index (χ3n) is 5.35. The third-order valence-corrected chi connectivity index (χ3v) is 5.35. The maximum Gasteiger partial charge on any atom is 0.222 e. The maximum absolute atomic E-state index is 13.7. The molecule has 1 aliphatic rings. The van der Waals surface area contributed by atoms with Crippen LogP contribution in [0.5, 0.6) is 5.88 Å². The molecule has 1 saturated heterocycles. The van der Waals surface area contributed by atoms with Crippen LogP contribution < -0.4 is 5.32 Å². The van der Waals surface area contributed by atoms with Crippen molar-refractivity contribution in [2.24, 2.45) is 0 Å². The lowest BCUT2D eigenvalue weighted by atomic mass is 9.88. The van der Waals surface area contributed by atoms with Gasteiger partial charge in [0.25, 0.3) is 0 Å². The molecule has 0 aliphatic carbocycles. The summed E-state index contributed by atoms with van der Waals surface area (Å²) in [5.74, 6) is 0.288. The van der Waals surface area contributed by atoms with Gasteiger partial charge < -0.3 is 10.4 Å². The van der Waals surface area contributed by atoms with Gasteiger partial charge in [-0.1, -0.05) is 18.2 Å². The monoisotopic (exact) mass is 375 g/mol. The maximum atomic E-state index is 13.7. The molecule has 1 fully saturated rings. The number of fused-ring (bicyclic) bond motifs is 1. The van der Waals surface area contributed by atoms with Crippen molar-refractivity contribution in [3.63, 3.8) is 0 Å². The molecule has 3 N–H and O–H groups in total. The minimum absolute atomic E-state index is 0.0364. The van der Waals surface area contributed by atoms with Crippen molar-refractivity contribution in [1.82, 2.24) is 25.5 Å². The normalized spacial score (nSPS) is 19.3. The molecule has 2 atom stereocenters. The number of hydrogen-bond acceptors (Lipinski definition) is 5. The molecule has 0 amide bonds. The van der Waals surface area contributed by atoms with Gasteiger partial charge in [0, 0.05) is 36.7 Å². The molecule has 5 rings (SSSR count). The summed E-state index contributed by atoms with van der Waals surface area (Å²) in [4.78, 5) is 9.10. The number of H-pyrrole nitrogens is 1. The molecule has 0 bridgehead atoms. The molecule has 2 aromatic carbocycles. The molecule has 0 radical (unpaired) electrons. The van der Waals surface area contributed by atoms with Gasteiger partial charge in [0.2, 0.25) is 5.88 Å². The van der Waals surface area contributed by atoms with Crippen molar-refractivity contribution in [2.75, 3.05) is 13.1 Å². The highest BCUT2D eigenvalue weighted by molar-refractivity contribution is 5.87. The molecular formula is C21H18FN5O. The summed E-state index contributed by atoms with van der Waals surface area (Å²) in [6.07, 6.45) is 3.52. The highest BCUT2D eigenvalue weighted by Crippen LogP contribution is 2.36. The van der Waals surface area contributed by atoms with E-state index in [0.717, 1.165) is 23.2 Å². The zero-order valence-corrected chi connectivity index (χ0v) is 14.9. The summed E-state index contributed by atoms with van der Waals surface area (Å²) in [6.45, 7) is 1.40. The third kappa shape index (κ3) is 2.90. The van der Waals surface area contributed by atoms with Crippen molar-refractivity contribution in [1.29, 1.82) is 0 Å². The number of aromatic nitrogens is 4. The first-order chi connectivity index (χ1) is 13.7. The Morgan fingerprint density at radius 2 is 1.89 bits per heavy atom. The molecule has 3 heterocycles. The predicted octanol–water partition coefficient (Wildman–Crippen LogP) is 3.34. The van der Waals surface area contributed by atoms with Gasteiger partial charge in [-0.25, -0.2) is 9.37 Å². The Hall–Kier alpha value is -3.32. The van der Waals surface area contributed by atoms with Crippen LogP contribution in [0.2, 0.25) is 0 Å². The molecule has 6 nitrogen and oxygen atoms in total. The van der Waals surface area contributed by atoms with E-state index in [1.807, 2.05) is 24.3 Å². The zero-order chi connectivity index (χ0) is 19.1. The standard InChI is InChI=1S/C21H18FN5O/c22-15-3-1-2-13(6-15)17-10-23-11-18(17)20-26-19-5-4-12(14-8-24-25-9-14)7-16(19)21(28)27-20/h1-9,17-18,23H,10-11H2,(H,24,25)(H,26,27,28)/t17-,18+/m0/s1. The Balaban J connectivity index is 1.55. The van der Waals surface area contributed by atoms with Crippen molar-refractivity contribution < 1.29 is 9.50 Å². The van der Waals surface area contributed by atoms with E-state index in [4.69, 9.17) is 4.98 Å². The molecule has 28 heavy (non-hydrogen) atoms. The second kappa shape index (κ2) is 6.69. The van der Waals surface area contributed by atoms with Crippen molar-refractivity contribution in [3.05, 3.63) is 72.1 Å². The number of hydrogen-bond donors (Lipinski definition) is 3. The summed E-state index contributed by atoms with van der Waals surface area (Å²) in [6, 6.07) is 12.3. The van der Waals surface area contributed by atoms with Gasteiger partial charge in [-0.15, -0.1) is 0 Å². The van der Waals surface area contributed by atoms with Crippen LogP contribution in [-0.4, -0.2) is 38.4 Å². The SMILES string of the molecule is Oc1nc([C@@H]2CNC[C@H]2c2cccc(F)c2)nc2ccc(-c3cn[nH]c3)cc12. The first kappa shape index (κ1) is 16.8. The minimum Gasteiger partial charge on any atom is -0.493 e. The van der Waals surface area contributed by atoms with Gasteiger partial charge >= 0.3 is 0 Å². The lowest BCUT2D eigenvalue weighted by Crippen LogP contribution is -2.13. The minimum atomic E-state index is -0.253. The molecule has 4 aromatic rings. The van der Waals surface area contributed by atoms with E-state index in [2.05, 4.69) is 20.5 Å². The fourth-order valence-corrected chi connectivity index (χ4v) is 3.92. The number of benzene rings is 2. The Labute approximate surface area is 160 Å². The van der Waals surface area contributed by atoms with Gasteiger partial charge in [0.1, 0.15) is 11.6 Å². The van der Waals surface area contributed by atoms with Crippen LogP contribution in [0.1, 0.15) is 23.2 Å². The van der Waals surface area contributed by atoms with Crippen molar-refractivity contribution in [3.8, 4) is 17.0 Å². The lowest BCUT2D eigenvalue weighted by molar-refractivity contribution is 0.452. The van der Waals surface area contributed by atoms with Crippen molar-refractivity contribution >= 4 is 10.9 Å². The van der Waals surface area contributed by atoms with E-state index in [-0.39, 0.29) is 23.5 Å². The zero-order valence-electron chi connectivity index (χ0n) is 14.9. The molecule has 2 aromatic heterocycles. The Bertz CT molecular complexity index is 1140. The fraction of sp³-hybridized carbons (Fsp3) is 0.190. The largest absolute Gasteiger partial charge is 0.493 e. The van der Waals surface area contributed by atoms with Gasteiger partial charge in [-0.3, -0.25) is 5.10 Å². The molecule has 0 unspecified atom stereocenters. The molecule has 1 aliphatic heterocycles. The summed E-state index contributed by atoms with van der Waals surface area (Å²) in [7, 11) is 0. The molecule has 0 spiro atoms. The van der Waals surface area contributed by atoms with Crippen LogP contribution in [0.15, 0.2) is 54.9 Å². The second-order valence-electron chi connectivity index (χ2n) is 7.05. The molecular weight excluding hydrogens is 357 g/mol. The van der Waals surface area contributed by atoms with Crippen molar-refractivity contribution in [2.45, 2.75) is 11.8 Å². The molecule has 0 saturated carbocycles. The Kier molecular flexibility index (Phi) is 4.02. The van der Waals surface area contributed by atoms with E-state index < -0.39 is 0 Å². The van der Waals surface area contributed by atoms with Gasteiger partial charge in [0.15, 0.2) is 0 Å². The highest BCUT2D eigenvalue weighted by atomic mass is 19.1. The fourth-order valence-electron chi connectivity index (χ4n) is 3.92. The summed E-state index contributed by atoms with van der Waals surface area (Å²) in [5, 5.41) is 21.3. The second-order valence-corrected chi connectivity index (χ2v) is 7.05. The van der Waals surface area contributed by atoms with Crippen LogP contribution in [0, 0.1) is 5.82 Å². The number of rotatable bonds is 3. The van der Waals surface area contributed by atoms with E-state index in [9.17, 15) is 9.50 Å². The summed E-state index contributed by atoms with van der Waals surface area (Å²) in [5.41, 5.74) is 3.44. The molecule has 140 valence electrons. The summed E-state index contributed by atoms with van der Waals surface area (Å²) < 4.78 is 13.7. The van der Waals surface area contributed by atoms with E-state index >= 15 is 0 Å². The Morgan fingerprint density at radius 1 is 1.00 bits per heavy atom. The smallest absolute Gasteiger partial charge is 0.222 e. The van der Waals surface area contributed by atoms with Crippen LogP contribution in [-0.2, 0) is 0 Å². The Morgan fingerprint density at radius 3 is 2.71 bits per heavy atom. The number of halogens is 1. The topological polar surface area (TPSA) is 86.7 Å². The van der Waals surface area contributed by atoms with E-state index in [0.29, 0.717) is 23.3 Å². The molecule has 7 heteroatoms. The number of nitrogens with zero attached hydrogens (tertiary/aromatic N) is 3. The number of aromatic hydroxyl groups is 1. The van der Waals surface area contributed by atoms with Gasteiger partial charge in [0.05, 0.1) is 17.1 Å². The number of nitrogens with one attached hydrogen (secondary N) is 2. The van der Waals surface area contributed by atoms with Crippen LogP contribution in [0.4, 0.5) is 4.39 Å². The average Bonchev–Trinajstić information content (AvgIpc) is 3.40. The summed E-state index contributed by atoms with van der Waals surface area (Å²) >= 11 is 0. The van der Waals surface area contributed by atoms with Gasteiger partial charge in [-0.2, -0.15) is 10.1 Å². The first-order valence-corrected chi connectivity index (χ1v) is 9.15. The van der Waals surface area contributed by atoms with Gasteiger partial charge in [-0.05, 0) is 35.4 Å². The number of aromatic amines is 1. The predicted molar refractivity (Wildman–Crippen MR) is 104 cm³/mol. The van der Waals surface area contributed by atoms with E-state index in [1.165, 1.54) is 6.07 Å². The quantitative estimate of drug-likeness (QED) is 0.511. The van der Waals surface area contributed by atoms with Crippen LogP contribution in [0.25, 0.3) is 22.0 Å². The lowest BCUT2D eigenvalue weighted by Gasteiger charge is -2.18. The van der Waals surface area contributed by atoms with E-state index in [1.54, 1.807) is 24.5 Å². The highest BCUT2D eigenvalue weighted by Gasteiger charge is 2.32. The average molecular weight is 375 g/mol.